The van der Waals surface area contributed by atoms with Gasteiger partial charge in [-0.2, -0.15) is 0 Å². The highest BCUT2D eigenvalue weighted by atomic mass is 15.1. The highest BCUT2D eigenvalue weighted by Crippen LogP contribution is 2.29. The summed E-state index contributed by atoms with van der Waals surface area (Å²) >= 11 is 0. The van der Waals surface area contributed by atoms with Crippen LogP contribution in [0.4, 0.5) is 0 Å². The van der Waals surface area contributed by atoms with Crippen molar-refractivity contribution in [1.29, 1.82) is 0 Å². The third-order valence-electron chi connectivity index (χ3n) is 4.54. The van der Waals surface area contributed by atoms with Crippen molar-refractivity contribution in [2.45, 2.75) is 59.5 Å². The van der Waals surface area contributed by atoms with Gasteiger partial charge in [0, 0.05) is 25.7 Å². The number of benzene rings is 1. The van der Waals surface area contributed by atoms with Crippen LogP contribution in [-0.4, -0.2) is 30.6 Å². The quantitative estimate of drug-likeness (QED) is 0.850. The molecule has 1 aliphatic rings. The highest BCUT2D eigenvalue weighted by Gasteiger charge is 2.28. The van der Waals surface area contributed by atoms with Gasteiger partial charge in [-0.3, -0.25) is 4.90 Å². The molecule has 21 heavy (non-hydrogen) atoms. The molecule has 2 nitrogen and oxygen atoms in total. The van der Waals surface area contributed by atoms with Gasteiger partial charge in [-0.25, -0.2) is 0 Å². The zero-order valence-corrected chi connectivity index (χ0v) is 14.4. The maximum absolute atomic E-state index is 3.52. The molecular weight excluding hydrogens is 256 g/mol. The van der Waals surface area contributed by atoms with Crippen LogP contribution in [0.2, 0.25) is 0 Å². The van der Waals surface area contributed by atoms with Crippen molar-refractivity contribution in [3.05, 3.63) is 35.4 Å². The summed E-state index contributed by atoms with van der Waals surface area (Å²) in [6, 6.07) is 9.80. The van der Waals surface area contributed by atoms with E-state index in [2.05, 4.69) is 69.1 Å². The first-order valence-corrected chi connectivity index (χ1v) is 8.40. The first-order chi connectivity index (χ1) is 9.85. The minimum Gasteiger partial charge on any atom is -0.314 e. The molecule has 0 bridgehead atoms. The largest absolute Gasteiger partial charge is 0.314 e. The van der Waals surface area contributed by atoms with Crippen molar-refractivity contribution in [2.75, 3.05) is 19.6 Å². The Morgan fingerprint density at radius 3 is 2.33 bits per heavy atom. The van der Waals surface area contributed by atoms with Crippen molar-refractivity contribution >= 4 is 0 Å². The average Bonchev–Trinajstić information content (AvgIpc) is 2.76. The van der Waals surface area contributed by atoms with Crippen LogP contribution in [0.3, 0.4) is 0 Å². The average molecular weight is 288 g/mol. The van der Waals surface area contributed by atoms with Crippen molar-refractivity contribution in [3.63, 3.8) is 0 Å². The van der Waals surface area contributed by atoms with Gasteiger partial charge in [0.25, 0.3) is 0 Å². The standard InChI is InChI=1S/C19H32N2/c1-15(2)20-12-16(3)18-8-6-17(7-9-18)13-21-11-10-19(4,5)14-21/h6-9,15-16,20H,10-14H2,1-5H3. The van der Waals surface area contributed by atoms with Crippen LogP contribution in [0.15, 0.2) is 24.3 Å². The predicted octanol–water partition coefficient (Wildman–Crippen LogP) is 4.02. The van der Waals surface area contributed by atoms with Gasteiger partial charge in [-0.15, -0.1) is 0 Å². The zero-order valence-electron chi connectivity index (χ0n) is 14.4. The molecule has 0 radical (unpaired) electrons. The monoisotopic (exact) mass is 288 g/mol. The highest BCUT2D eigenvalue weighted by molar-refractivity contribution is 5.25. The zero-order chi connectivity index (χ0) is 15.5. The number of nitrogens with zero attached hydrogens (tertiary/aromatic N) is 1. The minimum atomic E-state index is 0.497. The lowest BCUT2D eigenvalue weighted by atomic mass is 9.93. The van der Waals surface area contributed by atoms with Gasteiger partial charge in [-0.05, 0) is 35.4 Å². The molecule has 118 valence electrons. The lowest BCUT2D eigenvalue weighted by molar-refractivity contribution is 0.284. The van der Waals surface area contributed by atoms with Gasteiger partial charge in [-0.1, -0.05) is 58.9 Å². The second-order valence-electron chi connectivity index (χ2n) is 7.83. The van der Waals surface area contributed by atoms with E-state index in [9.17, 15) is 0 Å². The molecular formula is C19H32N2. The van der Waals surface area contributed by atoms with Crippen LogP contribution in [0, 0.1) is 5.41 Å². The van der Waals surface area contributed by atoms with Gasteiger partial charge in [0.1, 0.15) is 0 Å². The Kier molecular flexibility index (Phi) is 5.45. The minimum absolute atomic E-state index is 0.497. The molecule has 0 spiro atoms. The van der Waals surface area contributed by atoms with Crippen LogP contribution >= 0.6 is 0 Å². The Balaban J connectivity index is 1.87. The Hall–Kier alpha value is -0.860. The molecule has 2 rings (SSSR count). The number of rotatable bonds is 6. The molecule has 0 aliphatic carbocycles. The summed E-state index contributed by atoms with van der Waals surface area (Å²) in [7, 11) is 0. The van der Waals surface area contributed by atoms with Gasteiger partial charge < -0.3 is 5.32 Å². The molecule has 1 atom stereocenters. The molecule has 1 aliphatic heterocycles. The molecule has 1 fully saturated rings. The van der Waals surface area contributed by atoms with E-state index in [1.54, 1.807) is 0 Å². The molecule has 1 aromatic rings. The molecule has 1 N–H and O–H groups in total. The van der Waals surface area contributed by atoms with Crippen LogP contribution in [0.1, 0.15) is 58.1 Å². The van der Waals surface area contributed by atoms with E-state index >= 15 is 0 Å². The van der Waals surface area contributed by atoms with Gasteiger partial charge in [0.15, 0.2) is 0 Å². The molecule has 1 heterocycles. The van der Waals surface area contributed by atoms with Crippen molar-refractivity contribution in [3.8, 4) is 0 Å². The molecule has 0 saturated carbocycles. The fraction of sp³-hybridized carbons (Fsp3) is 0.684. The summed E-state index contributed by atoms with van der Waals surface area (Å²) in [5, 5.41) is 3.52. The Labute approximate surface area is 130 Å². The van der Waals surface area contributed by atoms with E-state index in [1.165, 1.54) is 30.6 Å². The number of nitrogens with one attached hydrogen (secondary N) is 1. The molecule has 1 aromatic carbocycles. The fourth-order valence-electron chi connectivity index (χ4n) is 3.10. The lowest BCUT2D eigenvalue weighted by Crippen LogP contribution is -2.27. The van der Waals surface area contributed by atoms with Crippen molar-refractivity contribution < 1.29 is 0 Å². The summed E-state index contributed by atoms with van der Waals surface area (Å²) < 4.78 is 0. The normalized spacial score (nSPS) is 20.1. The summed E-state index contributed by atoms with van der Waals surface area (Å²) in [5.74, 6) is 0.576. The summed E-state index contributed by atoms with van der Waals surface area (Å²) in [6.45, 7) is 16.1. The first-order valence-electron chi connectivity index (χ1n) is 8.40. The van der Waals surface area contributed by atoms with Crippen molar-refractivity contribution in [1.82, 2.24) is 10.2 Å². The molecule has 0 amide bonds. The summed E-state index contributed by atoms with van der Waals surface area (Å²) in [6.07, 6.45) is 1.32. The molecule has 0 aromatic heterocycles. The van der Waals surface area contributed by atoms with Gasteiger partial charge >= 0.3 is 0 Å². The third kappa shape index (κ3) is 5.12. The van der Waals surface area contributed by atoms with Crippen LogP contribution in [0.5, 0.6) is 0 Å². The Bertz CT molecular complexity index is 433. The first kappa shape index (κ1) is 16.5. The van der Waals surface area contributed by atoms with Gasteiger partial charge in [0.05, 0.1) is 0 Å². The molecule has 1 saturated heterocycles. The maximum Gasteiger partial charge on any atom is 0.0233 e. The van der Waals surface area contributed by atoms with Crippen LogP contribution in [0.25, 0.3) is 0 Å². The number of hydrogen-bond acceptors (Lipinski definition) is 2. The SMILES string of the molecule is CC(C)NCC(C)c1ccc(CN2CCC(C)(C)C2)cc1. The van der Waals surface area contributed by atoms with E-state index in [4.69, 9.17) is 0 Å². The van der Waals surface area contributed by atoms with E-state index < -0.39 is 0 Å². The van der Waals surface area contributed by atoms with Gasteiger partial charge in [0.2, 0.25) is 0 Å². The van der Waals surface area contributed by atoms with Crippen LogP contribution < -0.4 is 5.32 Å². The topological polar surface area (TPSA) is 15.3 Å². The van der Waals surface area contributed by atoms with E-state index in [-0.39, 0.29) is 0 Å². The Morgan fingerprint density at radius 1 is 1.14 bits per heavy atom. The third-order valence-corrected chi connectivity index (χ3v) is 4.54. The maximum atomic E-state index is 3.52. The predicted molar refractivity (Wildman–Crippen MR) is 91.7 cm³/mol. The van der Waals surface area contributed by atoms with E-state index in [0.717, 1.165) is 13.1 Å². The summed E-state index contributed by atoms with van der Waals surface area (Å²) in [4.78, 5) is 2.58. The smallest absolute Gasteiger partial charge is 0.0233 e. The lowest BCUT2D eigenvalue weighted by Gasteiger charge is -2.20. The number of likely N-dealkylation sites (tertiary alicyclic amines) is 1. The van der Waals surface area contributed by atoms with Crippen molar-refractivity contribution in [2.24, 2.45) is 5.41 Å². The second-order valence-corrected chi connectivity index (χ2v) is 7.83. The fourth-order valence-corrected chi connectivity index (χ4v) is 3.10. The summed E-state index contributed by atoms with van der Waals surface area (Å²) in [5.41, 5.74) is 3.38. The Morgan fingerprint density at radius 2 is 1.81 bits per heavy atom. The van der Waals surface area contributed by atoms with E-state index in [1.807, 2.05) is 0 Å². The number of hydrogen-bond donors (Lipinski definition) is 1. The molecule has 2 heteroatoms. The second kappa shape index (κ2) is 6.93. The van der Waals surface area contributed by atoms with E-state index in [0.29, 0.717) is 17.4 Å². The molecule has 1 unspecified atom stereocenters. The van der Waals surface area contributed by atoms with Crippen LogP contribution in [-0.2, 0) is 6.54 Å².